The van der Waals surface area contributed by atoms with Gasteiger partial charge < -0.3 is 15.1 Å². The fourth-order valence-corrected chi connectivity index (χ4v) is 2.68. The number of alkyl halides is 3. The number of nitrogens with zero attached hydrogens (tertiary/aromatic N) is 2. The number of aromatic nitrogens is 1. The van der Waals surface area contributed by atoms with Gasteiger partial charge in [-0.15, -0.1) is 13.2 Å². The van der Waals surface area contributed by atoms with Crippen molar-refractivity contribution in [2.45, 2.75) is 12.7 Å². The van der Waals surface area contributed by atoms with Crippen LogP contribution in [0, 0.1) is 5.92 Å². The molecule has 2 aromatic rings. The molecule has 2 heterocycles. The van der Waals surface area contributed by atoms with Crippen molar-refractivity contribution in [3.63, 3.8) is 0 Å². The zero-order valence-electron chi connectivity index (χ0n) is 12.0. The van der Waals surface area contributed by atoms with Crippen molar-refractivity contribution < 1.29 is 28.1 Å². The van der Waals surface area contributed by atoms with Gasteiger partial charge in [0.05, 0.1) is 12.1 Å². The van der Waals surface area contributed by atoms with Gasteiger partial charge in [0.15, 0.2) is 6.29 Å². The Morgan fingerprint density at radius 2 is 2.00 bits per heavy atom. The molecule has 8 heteroatoms. The van der Waals surface area contributed by atoms with Crippen molar-refractivity contribution in [1.29, 1.82) is 0 Å². The maximum absolute atomic E-state index is 12.0. The van der Waals surface area contributed by atoms with E-state index in [-0.39, 0.29) is 12.5 Å². The van der Waals surface area contributed by atoms with Crippen LogP contribution in [0.5, 0.6) is 0 Å². The van der Waals surface area contributed by atoms with Crippen LogP contribution in [0.1, 0.15) is 11.9 Å². The molecule has 0 radical (unpaired) electrons. The number of rotatable bonds is 4. The normalized spacial score (nSPS) is 16.2. The number of halogens is 3. The summed E-state index contributed by atoms with van der Waals surface area (Å²) in [4.78, 5) is 6.06. The second kappa shape index (κ2) is 5.95. The maximum atomic E-state index is 12.0. The van der Waals surface area contributed by atoms with Gasteiger partial charge in [-0.2, -0.15) is 0 Å². The quantitative estimate of drug-likeness (QED) is 0.842. The van der Waals surface area contributed by atoms with E-state index in [0.717, 1.165) is 5.69 Å². The van der Waals surface area contributed by atoms with Crippen molar-refractivity contribution in [2.75, 3.05) is 24.6 Å². The largest absolute Gasteiger partial charge is 0.522 e. The third-order valence-corrected chi connectivity index (χ3v) is 3.84. The molecule has 0 aliphatic carbocycles. The monoisotopic (exact) mass is 328 g/mol. The van der Waals surface area contributed by atoms with Crippen LogP contribution < -0.4 is 4.90 Å². The van der Waals surface area contributed by atoms with Crippen LogP contribution >= 0.6 is 0 Å². The lowest BCUT2D eigenvalue weighted by Crippen LogP contribution is -2.49. The smallest absolute Gasteiger partial charge is 0.371 e. The van der Waals surface area contributed by atoms with Crippen LogP contribution in [-0.4, -0.2) is 41.3 Å². The minimum absolute atomic E-state index is 0.177. The molecular weight excluding hydrogens is 313 g/mol. The summed E-state index contributed by atoms with van der Waals surface area (Å²) in [5, 5.41) is 19.4. The SMILES string of the molecule is OC(O)c1ccnc2ccc(N3CC(COC(F)(F)F)C3)cc12. The molecule has 0 amide bonds. The maximum Gasteiger partial charge on any atom is 0.522 e. The van der Waals surface area contributed by atoms with Crippen LogP contribution in [0.15, 0.2) is 30.5 Å². The minimum atomic E-state index is -4.60. The highest BCUT2D eigenvalue weighted by Crippen LogP contribution is 2.31. The number of hydrogen-bond acceptors (Lipinski definition) is 5. The Morgan fingerprint density at radius 3 is 2.65 bits per heavy atom. The molecular formula is C15H15F3N2O3. The summed E-state index contributed by atoms with van der Waals surface area (Å²) in [6.07, 6.45) is -4.72. The number of aliphatic hydroxyl groups is 2. The molecule has 1 aromatic carbocycles. The van der Waals surface area contributed by atoms with Crippen LogP contribution in [-0.2, 0) is 4.74 Å². The third-order valence-electron chi connectivity index (χ3n) is 3.84. The first kappa shape index (κ1) is 16.0. The fourth-order valence-electron chi connectivity index (χ4n) is 2.68. The lowest BCUT2D eigenvalue weighted by atomic mass is 9.99. The minimum Gasteiger partial charge on any atom is -0.371 e. The standard InChI is InChI=1S/C15H15F3N2O3/c16-15(17,18)23-8-9-6-20(7-9)10-1-2-13-12(5-10)11(14(21)22)3-4-19-13/h1-5,9,14,21-22H,6-8H2. The van der Waals surface area contributed by atoms with Gasteiger partial charge >= 0.3 is 6.36 Å². The Kier molecular flexibility index (Phi) is 4.13. The van der Waals surface area contributed by atoms with E-state index >= 15 is 0 Å². The summed E-state index contributed by atoms with van der Waals surface area (Å²) in [7, 11) is 0. The Balaban J connectivity index is 1.72. The summed E-state index contributed by atoms with van der Waals surface area (Å²) in [5.74, 6) is -0.177. The van der Waals surface area contributed by atoms with Crippen LogP contribution in [0.4, 0.5) is 18.9 Å². The van der Waals surface area contributed by atoms with Gasteiger partial charge in [0, 0.05) is 41.8 Å². The van der Waals surface area contributed by atoms with E-state index in [9.17, 15) is 23.4 Å². The molecule has 2 N–H and O–H groups in total. The van der Waals surface area contributed by atoms with E-state index in [0.29, 0.717) is 29.6 Å². The van der Waals surface area contributed by atoms with Gasteiger partial charge in [-0.05, 0) is 24.3 Å². The Morgan fingerprint density at radius 1 is 1.26 bits per heavy atom. The predicted molar refractivity (Wildman–Crippen MR) is 76.6 cm³/mol. The molecule has 0 saturated carbocycles. The Hall–Kier alpha value is -1.90. The number of ether oxygens (including phenoxy) is 1. The average Bonchev–Trinajstić information content (AvgIpc) is 2.43. The number of fused-ring (bicyclic) bond motifs is 1. The van der Waals surface area contributed by atoms with E-state index in [1.54, 1.807) is 12.1 Å². The number of hydrogen-bond donors (Lipinski definition) is 2. The molecule has 124 valence electrons. The molecule has 0 unspecified atom stereocenters. The van der Waals surface area contributed by atoms with Gasteiger partial charge in [-0.25, -0.2) is 0 Å². The van der Waals surface area contributed by atoms with E-state index < -0.39 is 12.7 Å². The molecule has 1 aromatic heterocycles. The predicted octanol–water partition coefficient (Wildman–Crippen LogP) is 2.19. The molecule has 23 heavy (non-hydrogen) atoms. The van der Waals surface area contributed by atoms with E-state index in [1.807, 2.05) is 11.0 Å². The summed E-state index contributed by atoms with van der Waals surface area (Å²) in [5.41, 5.74) is 1.77. The van der Waals surface area contributed by atoms with E-state index in [4.69, 9.17) is 0 Å². The van der Waals surface area contributed by atoms with E-state index in [2.05, 4.69) is 9.72 Å². The van der Waals surface area contributed by atoms with E-state index in [1.165, 1.54) is 12.3 Å². The zero-order valence-corrected chi connectivity index (χ0v) is 12.0. The molecule has 1 aliphatic heterocycles. The Bertz CT molecular complexity index is 700. The molecule has 1 aliphatic rings. The van der Waals surface area contributed by atoms with Crippen molar-refractivity contribution in [3.8, 4) is 0 Å². The van der Waals surface area contributed by atoms with Gasteiger partial charge in [-0.1, -0.05) is 0 Å². The first-order chi connectivity index (χ1) is 10.8. The highest BCUT2D eigenvalue weighted by Gasteiger charge is 2.34. The third kappa shape index (κ3) is 3.54. The molecule has 5 nitrogen and oxygen atoms in total. The second-order valence-corrected chi connectivity index (χ2v) is 5.50. The average molecular weight is 328 g/mol. The number of pyridine rings is 1. The zero-order chi connectivity index (χ0) is 16.6. The van der Waals surface area contributed by atoms with Crippen molar-refractivity contribution in [1.82, 2.24) is 4.98 Å². The molecule has 0 atom stereocenters. The summed E-state index contributed by atoms with van der Waals surface area (Å²) in [6, 6.07) is 6.84. The Labute approximate surface area is 129 Å². The lowest BCUT2D eigenvalue weighted by molar-refractivity contribution is -0.328. The summed E-state index contributed by atoms with van der Waals surface area (Å²) >= 11 is 0. The fraction of sp³-hybridized carbons (Fsp3) is 0.400. The molecule has 3 rings (SSSR count). The number of benzene rings is 1. The van der Waals surface area contributed by atoms with Gasteiger partial charge in [0.1, 0.15) is 0 Å². The van der Waals surface area contributed by atoms with Crippen molar-refractivity contribution in [3.05, 3.63) is 36.0 Å². The highest BCUT2D eigenvalue weighted by molar-refractivity contribution is 5.86. The van der Waals surface area contributed by atoms with Crippen molar-refractivity contribution >= 4 is 16.6 Å². The van der Waals surface area contributed by atoms with Crippen LogP contribution in [0.3, 0.4) is 0 Å². The number of anilines is 1. The molecule has 0 spiro atoms. The van der Waals surface area contributed by atoms with Crippen LogP contribution in [0.2, 0.25) is 0 Å². The molecule has 1 fully saturated rings. The van der Waals surface area contributed by atoms with Gasteiger partial charge in [0.25, 0.3) is 0 Å². The topological polar surface area (TPSA) is 65.8 Å². The summed E-state index contributed by atoms with van der Waals surface area (Å²) < 4.78 is 39.8. The summed E-state index contributed by atoms with van der Waals surface area (Å²) in [6.45, 7) is 0.563. The van der Waals surface area contributed by atoms with Crippen LogP contribution in [0.25, 0.3) is 10.9 Å². The lowest BCUT2D eigenvalue weighted by Gasteiger charge is -2.41. The number of aliphatic hydroxyl groups excluding tert-OH is 1. The molecule has 0 bridgehead atoms. The van der Waals surface area contributed by atoms with Crippen molar-refractivity contribution in [2.24, 2.45) is 5.92 Å². The second-order valence-electron chi connectivity index (χ2n) is 5.50. The first-order valence-corrected chi connectivity index (χ1v) is 7.04. The van der Waals surface area contributed by atoms with Gasteiger partial charge in [-0.3, -0.25) is 9.72 Å². The van der Waals surface area contributed by atoms with Gasteiger partial charge in [0.2, 0.25) is 0 Å². The molecule has 1 saturated heterocycles. The first-order valence-electron chi connectivity index (χ1n) is 7.04. The highest BCUT2D eigenvalue weighted by atomic mass is 19.4.